The molecule has 0 radical (unpaired) electrons. The molecule has 1 aliphatic heterocycles. The molecule has 2 aliphatic rings. The van der Waals surface area contributed by atoms with Crippen LogP contribution in [0.2, 0.25) is 0 Å². The van der Waals surface area contributed by atoms with Gasteiger partial charge >= 0.3 is 0 Å². The maximum absolute atomic E-state index is 11.8. The number of benzene rings is 2. The van der Waals surface area contributed by atoms with Gasteiger partial charge in [-0.2, -0.15) is 0 Å². The summed E-state index contributed by atoms with van der Waals surface area (Å²) < 4.78 is 5.33. The Kier molecular flexibility index (Phi) is 3.16. The highest BCUT2D eigenvalue weighted by Crippen LogP contribution is 2.43. The van der Waals surface area contributed by atoms with Gasteiger partial charge in [-0.05, 0) is 47.6 Å². The lowest BCUT2D eigenvalue weighted by atomic mass is 9.75. The fourth-order valence-corrected chi connectivity index (χ4v) is 3.49. The first-order chi connectivity index (χ1) is 11.1. The third-order valence-electron chi connectivity index (χ3n) is 5.01. The summed E-state index contributed by atoms with van der Waals surface area (Å²) in [6, 6.07) is 11.9. The van der Waals surface area contributed by atoms with Gasteiger partial charge in [0.15, 0.2) is 0 Å². The molecule has 0 unspecified atom stereocenters. The lowest BCUT2D eigenvalue weighted by Gasteiger charge is -2.37. The van der Waals surface area contributed by atoms with E-state index >= 15 is 0 Å². The molecule has 4 nitrogen and oxygen atoms in total. The minimum atomic E-state index is -0.641. The van der Waals surface area contributed by atoms with Crippen LogP contribution in [-0.4, -0.2) is 18.1 Å². The van der Waals surface area contributed by atoms with Crippen molar-refractivity contribution in [2.75, 3.05) is 12.4 Å². The predicted octanol–water partition coefficient (Wildman–Crippen LogP) is 3.23. The summed E-state index contributed by atoms with van der Waals surface area (Å²) in [4.78, 5) is 11.8. The number of nitrogens with one attached hydrogen (secondary N) is 1. The first kappa shape index (κ1) is 14.3. The summed E-state index contributed by atoms with van der Waals surface area (Å²) in [5.74, 6) is 0.682. The number of ether oxygens (including phenoxy) is 1. The second kappa shape index (κ2) is 5.10. The van der Waals surface area contributed by atoms with E-state index in [1.54, 1.807) is 7.11 Å². The van der Waals surface area contributed by atoms with Crippen molar-refractivity contribution in [3.8, 4) is 16.9 Å². The van der Waals surface area contributed by atoms with E-state index < -0.39 is 5.60 Å². The number of fused-ring (bicyclic) bond motifs is 1. The summed E-state index contributed by atoms with van der Waals surface area (Å²) in [5, 5.41) is 13.3. The Morgan fingerprint density at radius 3 is 2.48 bits per heavy atom. The Labute approximate surface area is 135 Å². The number of carbonyl (C=O) groups is 1. The molecule has 4 heteroatoms. The maximum atomic E-state index is 11.8. The molecule has 1 amide bonds. The van der Waals surface area contributed by atoms with E-state index in [2.05, 4.69) is 5.32 Å². The molecule has 2 aromatic carbocycles. The molecule has 2 N–H and O–H groups in total. The van der Waals surface area contributed by atoms with Crippen molar-refractivity contribution in [1.82, 2.24) is 0 Å². The third-order valence-corrected chi connectivity index (χ3v) is 5.01. The minimum absolute atomic E-state index is 0.00820. The molecule has 2 aromatic rings. The van der Waals surface area contributed by atoms with Gasteiger partial charge in [0.05, 0.1) is 24.8 Å². The van der Waals surface area contributed by atoms with E-state index in [1.165, 1.54) is 0 Å². The zero-order valence-electron chi connectivity index (χ0n) is 13.1. The highest BCUT2D eigenvalue weighted by Gasteiger charge is 2.36. The monoisotopic (exact) mass is 309 g/mol. The lowest BCUT2D eigenvalue weighted by Crippen LogP contribution is -2.33. The van der Waals surface area contributed by atoms with E-state index in [4.69, 9.17) is 4.74 Å². The average Bonchev–Trinajstić information content (AvgIpc) is 2.93. The van der Waals surface area contributed by atoms with Gasteiger partial charge in [-0.15, -0.1) is 0 Å². The van der Waals surface area contributed by atoms with Crippen LogP contribution in [-0.2, 0) is 16.8 Å². The van der Waals surface area contributed by atoms with Crippen LogP contribution in [0.25, 0.3) is 11.1 Å². The van der Waals surface area contributed by atoms with E-state index in [9.17, 15) is 9.90 Å². The second-order valence-corrected chi connectivity index (χ2v) is 6.36. The molecule has 0 aromatic heterocycles. The molecule has 0 spiro atoms. The number of carbonyl (C=O) groups excluding carboxylic acids is 1. The summed E-state index contributed by atoms with van der Waals surface area (Å²) in [7, 11) is 1.61. The van der Waals surface area contributed by atoms with Crippen LogP contribution >= 0.6 is 0 Å². The smallest absolute Gasteiger partial charge is 0.229 e. The quantitative estimate of drug-likeness (QED) is 0.915. The highest BCUT2D eigenvalue weighted by atomic mass is 16.5. The Morgan fingerprint density at radius 2 is 1.87 bits per heavy atom. The standard InChI is InChI=1S/C19H19NO3/c1-23-16-8-7-14(15-11-17(21)20-18(15)16)12-3-5-13(6-4-12)19(22)9-2-10-19/h3-8,22H,2,9-11H2,1H3,(H,20,21). The molecule has 1 heterocycles. The van der Waals surface area contributed by atoms with E-state index in [1.807, 2.05) is 36.4 Å². The van der Waals surface area contributed by atoms with Crippen molar-refractivity contribution < 1.29 is 14.6 Å². The number of rotatable bonds is 3. The second-order valence-electron chi connectivity index (χ2n) is 6.36. The van der Waals surface area contributed by atoms with Gasteiger partial charge in [0.1, 0.15) is 5.75 Å². The Morgan fingerprint density at radius 1 is 1.13 bits per heavy atom. The molecule has 1 saturated carbocycles. The summed E-state index contributed by atoms with van der Waals surface area (Å²) in [6.07, 6.45) is 3.12. The zero-order chi connectivity index (χ0) is 16.0. The molecular weight excluding hydrogens is 290 g/mol. The summed E-state index contributed by atoms with van der Waals surface area (Å²) in [6.45, 7) is 0. The largest absolute Gasteiger partial charge is 0.495 e. The van der Waals surface area contributed by atoms with Crippen molar-refractivity contribution in [1.29, 1.82) is 0 Å². The predicted molar refractivity (Wildman–Crippen MR) is 88.5 cm³/mol. The van der Waals surface area contributed by atoms with Crippen LogP contribution in [0, 0.1) is 0 Å². The highest BCUT2D eigenvalue weighted by molar-refractivity contribution is 6.03. The number of anilines is 1. The first-order valence-electron chi connectivity index (χ1n) is 7.94. The lowest BCUT2D eigenvalue weighted by molar-refractivity contribution is -0.115. The van der Waals surface area contributed by atoms with Crippen LogP contribution in [0.5, 0.6) is 5.75 Å². The average molecular weight is 309 g/mol. The van der Waals surface area contributed by atoms with Gasteiger partial charge in [-0.25, -0.2) is 0 Å². The van der Waals surface area contributed by atoms with Crippen LogP contribution in [0.15, 0.2) is 36.4 Å². The Balaban J connectivity index is 1.74. The van der Waals surface area contributed by atoms with Crippen LogP contribution in [0.1, 0.15) is 30.4 Å². The SMILES string of the molecule is COc1ccc(-c2ccc(C3(O)CCC3)cc2)c2c1NC(=O)C2. The maximum Gasteiger partial charge on any atom is 0.229 e. The van der Waals surface area contributed by atoms with Crippen molar-refractivity contribution in [2.24, 2.45) is 0 Å². The normalized spacial score (nSPS) is 18.1. The fraction of sp³-hybridized carbons (Fsp3) is 0.316. The molecule has 0 saturated heterocycles. The summed E-state index contributed by atoms with van der Waals surface area (Å²) in [5.41, 5.74) is 4.17. The van der Waals surface area contributed by atoms with Gasteiger partial charge in [0.2, 0.25) is 5.91 Å². The van der Waals surface area contributed by atoms with E-state index in [-0.39, 0.29) is 5.91 Å². The number of aliphatic hydroxyl groups is 1. The van der Waals surface area contributed by atoms with Gasteiger partial charge in [0.25, 0.3) is 0 Å². The molecule has 0 bridgehead atoms. The molecule has 0 atom stereocenters. The number of methoxy groups -OCH3 is 1. The molecule has 118 valence electrons. The van der Waals surface area contributed by atoms with Crippen molar-refractivity contribution in [2.45, 2.75) is 31.3 Å². The first-order valence-corrected chi connectivity index (χ1v) is 7.94. The molecule has 23 heavy (non-hydrogen) atoms. The van der Waals surface area contributed by atoms with Gasteiger partial charge in [-0.3, -0.25) is 4.79 Å². The van der Waals surface area contributed by atoms with Crippen molar-refractivity contribution in [3.05, 3.63) is 47.5 Å². The molecule has 1 fully saturated rings. The topological polar surface area (TPSA) is 58.6 Å². The van der Waals surface area contributed by atoms with Gasteiger partial charge in [-0.1, -0.05) is 30.3 Å². The Bertz CT molecular complexity index is 776. The Hall–Kier alpha value is -2.33. The van der Waals surface area contributed by atoms with Crippen LogP contribution in [0.3, 0.4) is 0 Å². The van der Waals surface area contributed by atoms with Gasteiger partial charge in [0, 0.05) is 0 Å². The fourth-order valence-electron chi connectivity index (χ4n) is 3.49. The molecular formula is C19H19NO3. The molecule has 4 rings (SSSR count). The van der Waals surface area contributed by atoms with Crippen LogP contribution < -0.4 is 10.1 Å². The number of hydrogen-bond acceptors (Lipinski definition) is 3. The van der Waals surface area contributed by atoms with Crippen molar-refractivity contribution in [3.63, 3.8) is 0 Å². The number of amides is 1. The van der Waals surface area contributed by atoms with E-state index in [0.717, 1.165) is 47.2 Å². The third kappa shape index (κ3) is 2.21. The van der Waals surface area contributed by atoms with Gasteiger partial charge < -0.3 is 15.2 Å². The molecule has 1 aliphatic carbocycles. The zero-order valence-corrected chi connectivity index (χ0v) is 13.1. The van der Waals surface area contributed by atoms with Crippen molar-refractivity contribution >= 4 is 11.6 Å². The number of hydrogen-bond donors (Lipinski definition) is 2. The summed E-state index contributed by atoms with van der Waals surface area (Å²) >= 11 is 0. The minimum Gasteiger partial charge on any atom is -0.495 e. The van der Waals surface area contributed by atoms with Crippen LogP contribution in [0.4, 0.5) is 5.69 Å². The van der Waals surface area contributed by atoms with E-state index in [0.29, 0.717) is 12.2 Å².